The van der Waals surface area contributed by atoms with Crippen LogP contribution in [0.25, 0.3) is 0 Å². The lowest BCUT2D eigenvalue weighted by Gasteiger charge is -2.07. The predicted molar refractivity (Wildman–Crippen MR) is 66.7 cm³/mol. The van der Waals surface area contributed by atoms with Crippen molar-refractivity contribution in [2.24, 2.45) is 5.92 Å². The Hall–Kier alpha value is -1.36. The van der Waals surface area contributed by atoms with Gasteiger partial charge in [0.25, 0.3) is 0 Å². The molecule has 1 aliphatic rings. The smallest absolute Gasteiger partial charge is 0.224 e. The Morgan fingerprint density at radius 3 is 3.24 bits per heavy atom. The van der Waals surface area contributed by atoms with Gasteiger partial charge in [0.2, 0.25) is 5.91 Å². The van der Waals surface area contributed by atoms with Crippen LogP contribution in [0.1, 0.15) is 26.2 Å². The zero-order chi connectivity index (χ0) is 12.1. The first-order valence-corrected chi connectivity index (χ1v) is 6.31. The van der Waals surface area contributed by atoms with Crippen LogP contribution < -0.4 is 10.6 Å². The monoisotopic (exact) mass is 236 g/mol. The zero-order valence-corrected chi connectivity index (χ0v) is 10.3. The van der Waals surface area contributed by atoms with Crippen LogP contribution in [0.2, 0.25) is 0 Å². The van der Waals surface area contributed by atoms with Crippen molar-refractivity contribution in [3.63, 3.8) is 0 Å². The summed E-state index contributed by atoms with van der Waals surface area (Å²) in [6, 6.07) is 0. The van der Waals surface area contributed by atoms with Gasteiger partial charge in [0.15, 0.2) is 0 Å². The van der Waals surface area contributed by atoms with Crippen molar-refractivity contribution in [1.82, 2.24) is 15.1 Å². The molecule has 0 spiro atoms. The van der Waals surface area contributed by atoms with Crippen molar-refractivity contribution in [3.8, 4) is 0 Å². The number of rotatable bonds is 5. The lowest BCUT2D eigenvalue weighted by atomic mass is 10.0. The maximum atomic E-state index is 11.7. The second kappa shape index (κ2) is 5.82. The van der Waals surface area contributed by atoms with Crippen molar-refractivity contribution < 1.29 is 4.79 Å². The number of anilines is 1. The molecule has 2 N–H and O–H groups in total. The normalized spacial score (nSPS) is 19.5. The molecular formula is C12H20N4O. The Bertz CT molecular complexity index is 368. The fraction of sp³-hybridized carbons (Fsp3) is 0.667. The largest absolute Gasteiger partial charge is 0.323 e. The molecule has 1 aliphatic heterocycles. The molecule has 1 atom stereocenters. The number of hydrogen-bond acceptors (Lipinski definition) is 3. The van der Waals surface area contributed by atoms with Gasteiger partial charge < -0.3 is 10.6 Å². The first kappa shape index (κ1) is 12.1. The lowest BCUT2D eigenvalue weighted by molar-refractivity contribution is -0.116. The molecule has 0 aliphatic carbocycles. The minimum atomic E-state index is 0.0903. The highest BCUT2D eigenvalue weighted by Crippen LogP contribution is 2.15. The van der Waals surface area contributed by atoms with E-state index < -0.39 is 0 Å². The number of aryl methyl sites for hydroxylation is 1. The summed E-state index contributed by atoms with van der Waals surface area (Å²) < 4.78 is 1.80. The second-order valence-corrected chi connectivity index (χ2v) is 4.53. The van der Waals surface area contributed by atoms with Crippen molar-refractivity contribution >= 4 is 11.6 Å². The average molecular weight is 236 g/mol. The Morgan fingerprint density at radius 1 is 1.71 bits per heavy atom. The van der Waals surface area contributed by atoms with Gasteiger partial charge in [-0.15, -0.1) is 0 Å². The molecule has 5 heteroatoms. The average Bonchev–Trinajstić information content (AvgIpc) is 2.97. The van der Waals surface area contributed by atoms with Crippen LogP contribution in [0.5, 0.6) is 0 Å². The van der Waals surface area contributed by atoms with Crippen LogP contribution in [0.3, 0.4) is 0 Å². The summed E-state index contributed by atoms with van der Waals surface area (Å²) in [5.74, 6) is 0.756. The number of hydrogen-bond donors (Lipinski definition) is 2. The molecule has 1 saturated heterocycles. The van der Waals surface area contributed by atoms with Gasteiger partial charge in [-0.2, -0.15) is 5.10 Å². The Kier molecular flexibility index (Phi) is 4.14. The van der Waals surface area contributed by atoms with Crippen LogP contribution in [0.15, 0.2) is 12.4 Å². The molecule has 1 aromatic heterocycles. The summed E-state index contributed by atoms with van der Waals surface area (Å²) in [6.45, 7) is 4.99. The van der Waals surface area contributed by atoms with E-state index in [0.29, 0.717) is 12.3 Å². The highest BCUT2D eigenvalue weighted by molar-refractivity contribution is 5.90. The van der Waals surface area contributed by atoms with Crippen LogP contribution in [-0.2, 0) is 11.3 Å². The lowest BCUT2D eigenvalue weighted by Crippen LogP contribution is -2.14. The fourth-order valence-electron chi connectivity index (χ4n) is 2.12. The van der Waals surface area contributed by atoms with Gasteiger partial charge in [-0.05, 0) is 38.8 Å². The zero-order valence-electron chi connectivity index (χ0n) is 10.3. The minimum Gasteiger partial charge on any atom is -0.323 e. The summed E-state index contributed by atoms with van der Waals surface area (Å²) in [5.41, 5.74) is 0.793. The van der Waals surface area contributed by atoms with Gasteiger partial charge in [0, 0.05) is 19.2 Å². The first-order valence-electron chi connectivity index (χ1n) is 6.31. The predicted octanol–water partition coefficient (Wildman–Crippen LogP) is 1.23. The third kappa shape index (κ3) is 3.56. The van der Waals surface area contributed by atoms with Gasteiger partial charge in [0.05, 0.1) is 11.9 Å². The van der Waals surface area contributed by atoms with E-state index >= 15 is 0 Å². The highest BCUT2D eigenvalue weighted by atomic mass is 16.1. The number of amides is 1. The summed E-state index contributed by atoms with van der Waals surface area (Å²) >= 11 is 0. The van der Waals surface area contributed by atoms with Crippen LogP contribution in [-0.4, -0.2) is 28.8 Å². The summed E-state index contributed by atoms with van der Waals surface area (Å²) in [5, 5.41) is 10.3. The van der Waals surface area contributed by atoms with E-state index in [4.69, 9.17) is 0 Å². The number of nitrogens with one attached hydrogen (secondary N) is 2. The summed E-state index contributed by atoms with van der Waals surface area (Å²) in [6.07, 6.45) is 6.32. The third-order valence-corrected chi connectivity index (χ3v) is 3.18. The van der Waals surface area contributed by atoms with Gasteiger partial charge in [-0.25, -0.2) is 0 Å². The number of nitrogens with zero attached hydrogens (tertiary/aromatic N) is 2. The second-order valence-electron chi connectivity index (χ2n) is 4.53. The van der Waals surface area contributed by atoms with Gasteiger partial charge in [-0.1, -0.05) is 0 Å². The summed E-state index contributed by atoms with van der Waals surface area (Å²) in [7, 11) is 0. The number of aromatic nitrogens is 2. The number of carbonyl (C=O) groups is 1. The fourth-order valence-corrected chi connectivity index (χ4v) is 2.12. The molecule has 17 heavy (non-hydrogen) atoms. The standard InChI is InChI=1S/C12H20N4O/c1-2-16-9-11(8-14-16)15-12(17)4-3-10-5-6-13-7-10/h8-10,13H,2-7H2,1H3,(H,15,17). The van der Waals surface area contributed by atoms with Crippen LogP contribution in [0, 0.1) is 5.92 Å². The van der Waals surface area contributed by atoms with E-state index in [2.05, 4.69) is 15.7 Å². The molecule has 0 radical (unpaired) electrons. The maximum absolute atomic E-state index is 11.7. The molecule has 5 nitrogen and oxygen atoms in total. The van der Waals surface area contributed by atoms with Crippen molar-refractivity contribution in [3.05, 3.63) is 12.4 Å². The van der Waals surface area contributed by atoms with Crippen molar-refractivity contribution in [1.29, 1.82) is 0 Å². The molecule has 94 valence electrons. The van der Waals surface area contributed by atoms with E-state index in [0.717, 1.165) is 31.7 Å². The molecule has 0 aromatic carbocycles. The molecule has 1 aromatic rings. The molecule has 1 amide bonds. The minimum absolute atomic E-state index is 0.0903. The van der Waals surface area contributed by atoms with Crippen LogP contribution >= 0.6 is 0 Å². The number of carbonyl (C=O) groups excluding carboxylic acids is 1. The van der Waals surface area contributed by atoms with E-state index in [1.54, 1.807) is 10.9 Å². The molecule has 2 heterocycles. The topological polar surface area (TPSA) is 59.0 Å². The Balaban J connectivity index is 1.72. The van der Waals surface area contributed by atoms with E-state index in [9.17, 15) is 4.79 Å². The van der Waals surface area contributed by atoms with Gasteiger partial charge in [0.1, 0.15) is 0 Å². The van der Waals surface area contributed by atoms with E-state index in [1.807, 2.05) is 13.1 Å². The van der Waals surface area contributed by atoms with Gasteiger partial charge in [-0.3, -0.25) is 9.48 Å². The maximum Gasteiger partial charge on any atom is 0.224 e. The quantitative estimate of drug-likeness (QED) is 0.808. The molecular weight excluding hydrogens is 216 g/mol. The highest BCUT2D eigenvalue weighted by Gasteiger charge is 2.15. The molecule has 0 saturated carbocycles. The van der Waals surface area contributed by atoms with Crippen LogP contribution in [0.4, 0.5) is 5.69 Å². The van der Waals surface area contributed by atoms with Crippen molar-refractivity contribution in [2.75, 3.05) is 18.4 Å². The SMILES string of the molecule is CCn1cc(NC(=O)CCC2CCNC2)cn1. The van der Waals surface area contributed by atoms with Crippen molar-refractivity contribution in [2.45, 2.75) is 32.7 Å². The molecule has 1 fully saturated rings. The molecule has 2 rings (SSSR count). The Labute approximate surface area is 102 Å². The Morgan fingerprint density at radius 2 is 2.59 bits per heavy atom. The summed E-state index contributed by atoms with van der Waals surface area (Å²) in [4.78, 5) is 11.7. The third-order valence-electron chi connectivity index (χ3n) is 3.18. The molecule has 1 unspecified atom stereocenters. The van der Waals surface area contributed by atoms with E-state index in [-0.39, 0.29) is 5.91 Å². The first-order chi connectivity index (χ1) is 8.28. The van der Waals surface area contributed by atoms with E-state index in [1.165, 1.54) is 6.42 Å². The van der Waals surface area contributed by atoms with Gasteiger partial charge >= 0.3 is 0 Å². The molecule has 0 bridgehead atoms.